The maximum absolute atomic E-state index is 8.95. The highest BCUT2D eigenvalue weighted by Crippen LogP contribution is 2.41. The molecular weight excluding hydrogens is 364 g/mol. The summed E-state index contributed by atoms with van der Waals surface area (Å²) in [4.78, 5) is 24.8. The van der Waals surface area contributed by atoms with Crippen molar-refractivity contribution in [2.75, 3.05) is 18.6 Å². The first-order valence-corrected chi connectivity index (χ1v) is 9.36. The van der Waals surface area contributed by atoms with Gasteiger partial charge in [0.05, 0.1) is 24.7 Å². The van der Waals surface area contributed by atoms with Gasteiger partial charge < -0.3 is 9.64 Å². The summed E-state index contributed by atoms with van der Waals surface area (Å²) in [7, 11) is 1.31. The SMILES string of the molecule is C=C1CCN2C1=C(/C=C\C)C(c1ccc(C)cc1)=Nc1cncnc12.COC=O. The van der Waals surface area contributed by atoms with E-state index in [1.807, 2.05) is 6.92 Å². The number of fused-ring (bicyclic) bond motifs is 3. The van der Waals surface area contributed by atoms with E-state index >= 15 is 0 Å². The third-order valence-corrected chi connectivity index (χ3v) is 4.67. The van der Waals surface area contributed by atoms with Crippen LogP contribution in [-0.2, 0) is 9.53 Å². The van der Waals surface area contributed by atoms with Crippen LogP contribution in [0, 0.1) is 6.92 Å². The largest absolute Gasteiger partial charge is 0.471 e. The second kappa shape index (κ2) is 9.10. The zero-order valence-electron chi connectivity index (χ0n) is 16.9. The minimum atomic E-state index is 0.375. The van der Waals surface area contributed by atoms with Gasteiger partial charge in [-0.25, -0.2) is 15.0 Å². The standard InChI is InChI=1S/C21H20N4.C2H4O2/c1-4-5-17-19(16-8-6-14(2)7-9-16)24-18-12-22-13-23-21(18)25-11-10-15(3)20(17)25;1-4-2-3/h4-9,12-13H,3,10-11H2,1-2H3;2H,1H3/b5-4-;. The van der Waals surface area contributed by atoms with Crippen LogP contribution in [0.4, 0.5) is 11.5 Å². The van der Waals surface area contributed by atoms with E-state index < -0.39 is 0 Å². The number of rotatable bonds is 3. The number of hydrogen-bond donors (Lipinski definition) is 0. The van der Waals surface area contributed by atoms with Gasteiger partial charge in [-0.15, -0.1) is 0 Å². The van der Waals surface area contributed by atoms with Gasteiger partial charge in [0.2, 0.25) is 0 Å². The maximum atomic E-state index is 8.95. The summed E-state index contributed by atoms with van der Waals surface area (Å²) in [6.45, 7) is 9.66. The van der Waals surface area contributed by atoms with E-state index in [1.165, 1.54) is 12.7 Å². The molecule has 6 nitrogen and oxygen atoms in total. The van der Waals surface area contributed by atoms with Gasteiger partial charge in [-0.2, -0.15) is 0 Å². The highest BCUT2D eigenvalue weighted by atomic mass is 16.5. The van der Waals surface area contributed by atoms with Crippen molar-refractivity contribution in [2.24, 2.45) is 4.99 Å². The number of anilines is 1. The lowest BCUT2D eigenvalue weighted by Gasteiger charge is -2.20. The minimum absolute atomic E-state index is 0.375. The number of aliphatic imine (C=N–C) groups is 1. The third-order valence-electron chi connectivity index (χ3n) is 4.67. The average Bonchev–Trinajstić information content (AvgIpc) is 3.06. The molecule has 0 aliphatic carbocycles. The Morgan fingerprint density at radius 3 is 2.62 bits per heavy atom. The van der Waals surface area contributed by atoms with E-state index in [-0.39, 0.29) is 0 Å². The van der Waals surface area contributed by atoms with E-state index in [0.717, 1.165) is 52.6 Å². The van der Waals surface area contributed by atoms with Crippen molar-refractivity contribution >= 4 is 23.7 Å². The molecule has 1 saturated heterocycles. The molecule has 2 aliphatic rings. The molecule has 1 aromatic heterocycles. The van der Waals surface area contributed by atoms with Crippen molar-refractivity contribution in [1.82, 2.24) is 9.97 Å². The van der Waals surface area contributed by atoms with Crippen LogP contribution in [0.25, 0.3) is 0 Å². The molecule has 1 fully saturated rings. The first-order valence-electron chi connectivity index (χ1n) is 9.36. The van der Waals surface area contributed by atoms with Gasteiger partial charge in [-0.1, -0.05) is 48.6 Å². The predicted octanol–water partition coefficient (Wildman–Crippen LogP) is 4.31. The Labute approximate surface area is 171 Å². The van der Waals surface area contributed by atoms with Crippen LogP contribution in [-0.4, -0.2) is 35.8 Å². The highest BCUT2D eigenvalue weighted by molar-refractivity contribution is 6.17. The predicted molar refractivity (Wildman–Crippen MR) is 115 cm³/mol. The summed E-state index contributed by atoms with van der Waals surface area (Å²) in [6, 6.07) is 8.47. The van der Waals surface area contributed by atoms with Gasteiger partial charge in [0, 0.05) is 17.7 Å². The van der Waals surface area contributed by atoms with Crippen LogP contribution in [0.15, 0.2) is 77.4 Å². The molecule has 1 aromatic carbocycles. The molecule has 3 heterocycles. The van der Waals surface area contributed by atoms with E-state index in [2.05, 4.69) is 69.5 Å². The number of nitrogens with zero attached hydrogens (tertiary/aromatic N) is 4. The lowest BCUT2D eigenvalue weighted by Crippen LogP contribution is -2.19. The van der Waals surface area contributed by atoms with Crippen molar-refractivity contribution in [1.29, 1.82) is 0 Å². The fraction of sp³-hybridized carbons (Fsp3) is 0.217. The molecule has 2 aliphatic heterocycles. The third kappa shape index (κ3) is 4.16. The van der Waals surface area contributed by atoms with Crippen molar-refractivity contribution in [3.8, 4) is 0 Å². The molecule has 0 spiro atoms. The van der Waals surface area contributed by atoms with Crippen LogP contribution < -0.4 is 4.90 Å². The Balaban J connectivity index is 0.000000552. The van der Waals surface area contributed by atoms with Crippen LogP contribution in [0.1, 0.15) is 24.5 Å². The number of carbonyl (C=O) groups excluding carboxylic acids is 1. The zero-order valence-corrected chi connectivity index (χ0v) is 16.9. The molecule has 4 rings (SSSR count). The number of allylic oxidation sites excluding steroid dienone is 4. The first kappa shape index (κ1) is 20.2. The molecule has 0 bridgehead atoms. The van der Waals surface area contributed by atoms with Crippen molar-refractivity contribution < 1.29 is 9.53 Å². The molecule has 0 amide bonds. The van der Waals surface area contributed by atoms with Crippen molar-refractivity contribution in [3.05, 3.63) is 83.5 Å². The second-order valence-electron chi connectivity index (χ2n) is 6.66. The van der Waals surface area contributed by atoms with E-state index in [4.69, 9.17) is 9.79 Å². The van der Waals surface area contributed by atoms with Gasteiger partial charge in [0.1, 0.15) is 12.0 Å². The monoisotopic (exact) mass is 388 g/mol. The quantitative estimate of drug-likeness (QED) is 0.733. The Morgan fingerprint density at radius 2 is 1.97 bits per heavy atom. The highest BCUT2D eigenvalue weighted by Gasteiger charge is 2.31. The van der Waals surface area contributed by atoms with E-state index in [0.29, 0.717) is 6.47 Å². The Bertz CT molecular complexity index is 1000. The molecule has 29 heavy (non-hydrogen) atoms. The summed E-state index contributed by atoms with van der Waals surface area (Å²) < 4.78 is 3.86. The van der Waals surface area contributed by atoms with Gasteiger partial charge in [0.15, 0.2) is 5.82 Å². The van der Waals surface area contributed by atoms with Gasteiger partial charge in [-0.3, -0.25) is 4.79 Å². The van der Waals surface area contributed by atoms with Crippen LogP contribution in [0.5, 0.6) is 0 Å². The topological polar surface area (TPSA) is 67.7 Å². The molecule has 2 aromatic rings. The fourth-order valence-electron chi connectivity index (χ4n) is 3.37. The number of methoxy groups -OCH3 is 1. The number of benzene rings is 1. The summed E-state index contributed by atoms with van der Waals surface area (Å²) in [6.07, 6.45) is 8.47. The average molecular weight is 388 g/mol. The molecule has 148 valence electrons. The molecular formula is C23H24N4O2. The molecule has 6 heteroatoms. The van der Waals surface area contributed by atoms with Crippen molar-refractivity contribution in [2.45, 2.75) is 20.3 Å². The molecule has 0 radical (unpaired) electrons. The minimum Gasteiger partial charge on any atom is -0.471 e. The van der Waals surface area contributed by atoms with Crippen molar-refractivity contribution in [3.63, 3.8) is 0 Å². The number of hydrogen-bond acceptors (Lipinski definition) is 6. The molecule has 0 atom stereocenters. The molecule has 0 saturated carbocycles. The second-order valence-corrected chi connectivity index (χ2v) is 6.66. The van der Waals surface area contributed by atoms with Crippen LogP contribution in [0.2, 0.25) is 0 Å². The fourth-order valence-corrected chi connectivity index (χ4v) is 3.37. The summed E-state index contributed by atoms with van der Waals surface area (Å²) in [5.41, 5.74) is 7.39. The summed E-state index contributed by atoms with van der Waals surface area (Å²) >= 11 is 0. The lowest BCUT2D eigenvalue weighted by atomic mass is 9.97. The van der Waals surface area contributed by atoms with Gasteiger partial charge in [-0.05, 0) is 25.8 Å². The first-order chi connectivity index (χ1) is 14.1. The molecule has 0 unspecified atom stereocenters. The van der Waals surface area contributed by atoms with Crippen LogP contribution >= 0.6 is 0 Å². The zero-order chi connectivity index (χ0) is 20.8. The normalized spacial score (nSPS) is 15.2. The number of carbonyl (C=O) groups is 1. The Morgan fingerprint density at radius 1 is 1.24 bits per heavy atom. The maximum Gasteiger partial charge on any atom is 0.292 e. The number of aromatic nitrogens is 2. The van der Waals surface area contributed by atoms with Crippen LogP contribution in [0.3, 0.4) is 0 Å². The summed E-state index contributed by atoms with van der Waals surface area (Å²) in [5.74, 6) is 0.854. The summed E-state index contributed by atoms with van der Waals surface area (Å²) in [5, 5.41) is 0. The van der Waals surface area contributed by atoms with E-state index in [9.17, 15) is 0 Å². The number of ether oxygens (including phenoxy) is 1. The van der Waals surface area contributed by atoms with E-state index in [1.54, 1.807) is 12.5 Å². The smallest absolute Gasteiger partial charge is 0.292 e. The Hall–Kier alpha value is -3.54. The Kier molecular flexibility index (Phi) is 6.34. The lowest BCUT2D eigenvalue weighted by molar-refractivity contribution is -0.126. The van der Waals surface area contributed by atoms with Gasteiger partial charge >= 0.3 is 0 Å². The molecule has 0 N–H and O–H groups in total. The number of aryl methyl sites for hydroxylation is 1. The van der Waals surface area contributed by atoms with Gasteiger partial charge in [0.25, 0.3) is 6.47 Å².